The molecule has 2 aliphatic rings. The SMILES string of the molecule is O=C(Cc1ccc(N2C(=O)Cc3cc(NCCN4CCCC4)ccc3C2=O)c(Cl)c1)CS(=O)(=O)c1ccc(Cl)s1. The number of nitrogens with one attached hydrogen (secondary N) is 1. The highest BCUT2D eigenvalue weighted by molar-refractivity contribution is 7.94. The van der Waals surface area contributed by atoms with Gasteiger partial charge >= 0.3 is 0 Å². The number of amides is 2. The van der Waals surface area contributed by atoms with Gasteiger partial charge in [0.1, 0.15) is 9.96 Å². The van der Waals surface area contributed by atoms with Crippen LogP contribution >= 0.6 is 34.5 Å². The smallest absolute Gasteiger partial charge is 0.265 e. The molecule has 1 saturated heterocycles. The molecule has 2 amide bonds. The molecule has 2 aliphatic heterocycles. The topological polar surface area (TPSA) is 104 Å². The van der Waals surface area contributed by atoms with Crippen molar-refractivity contribution in [1.82, 2.24) is 4.90 Å². The molecule has 3 aromatic rings. The third-order valence-electron chi connectivity index (χ3n) is 6.95. The number of carbonyl (C=O) groups excluding carboxylic acids is 3. The Morgan fingerprint density at radius 3 is 2.48 bits per heavy atom. The summed E-state index contributed by atoms with van der Waals surface area (Å²) < 4.78 is 25.3. The Balaban J connectivity index is 1.25. The summed E-state index contributed by atoms with van der Waals surface area (Å²) in [7, 11) is -3.80. The number of anilines is 2. The zero-order valence-corrected chi connectivity index (χ0v) is 24.6. The van der Waals surface area contributed by atoms with Crippen LogP contribution in [0.5, 0.6) is 0 Å². The van der Waals surface area contributed by atoms with Crippen molar-refractivity contribution in [2.45, 2.75) is 29.9 Å². The van der Waals surface area contributed by atoms with E-state index in [4.69, 9.17) is 23.2 Å². The van der Waals surface area contributed by atoms with Crippen LogP contribution in [0.25, 0.3) is 0 Å². The zero-order valence-electron chi connectivity index (χ0n) is 21.5. The molecule has 0 radical (unpaired) electrons. The number of imide groups is 1. The van der Waals surface area contributed by atoms with Gasteiger partial charge in [-0.25, -0.2) is 13.3 Å². The van der Waals surface area contributed by atoms with Gasteiger partial charge in [0.2, 0.25) is 5.91 Å². The highest BCUT2D eigenvalue weighted by Gasteiger charge is 2.33. The number of hydrogen-bond donors (Lipinski definition) is 1. The van der Waals surface area contributed by atoms with Gasteiger partial charge < -0.3 is 10.2 Å². The van der Waals surface area contributed by atoms with Crippen molar-refractivity contribution in [3.05, 3.63) is 74.6 Å². The molecule has 12 heteroatoms. The van der Waals surface area contributed by atoms with E-state index in [2.05, 4.69) is 10.2 Å². The summed E-state index contributed by atoms with van der Waals surface area (Å²) in [5, 5.41) is 3.49. The largest absolute Gasteiger partial charge is 0.384 e. The highest BCUT2D eigenvalue weighted by Crippen LogP contribution is 2.33. The average Bonchev–Trinajstić information content (AvgIpc) is 3.57. The Morgan fingerprint density at radius 2 is 1.77 bits per heavy atom. The molecular formula is C28H27Cl2N3O5S2. The number of nitrogens with zero attached hydrogens (tertiary/aromatic N) is 2. The van der Waals surface area contributed by atoms with Crippen molar-refractivity contribution in [3.8, 4) is 0 Å². The second-order valence-corrected chi connectivity index (χ2v) is 14.2. The Hall–Kier alpha value is -2.76. The number of halogens is 2. The first-order valence-corrected chi connectivity index (χ1v) is 16.1. The van der Waals surface area contributed by atoms with Crippen LogP contribution in [0.3, 0.4) is 0 Å². The molecular weight excluding hydrogens is 593 g/mol. The number of rotatable bonds is 10. The van der Waals surface area contributed by atoms with Crippen molar-refractivity contribution >= 4 is 73.3 Å². The van der Waals surface area contributed by atoms with E-state index in [1.165, 1.54) is 37.1 Å². The molecule has 0 bridgehead atoms. The number of sulfone groups is 1. The number of thiophene rings is 1. The van der Waals surface area contributed by atoms with Crippen molar-refractivity contribution in [3.63, 3.8) is 0 Å². The second-order valence-electron chi connectivity index (χ2n) is 9.88. The summed E-state index contributed by atoms with van der Waals surface area (Å²) in [5.41, 5.74) is 2.64. The maximum atomic E-state index is 13.3. The Labute approximate surface area is 246 Å². The zero-order chi connectivity index (χ0) is 28.4. The molecule has 1 fully saturated rings. The summed E-state index contributed by atoms with van der Waals surface area (Å²) in [6.45, 7) is 3.98. The molecule has 0 atom stereocenters. The van der Waals surface area contributed by atoms with Gasteiger partial charge in [0.05, 0.1) is 21.5 Å². The lowest BCUT2D eigenvalue weighted by Gasteiger charge is -2.28. The van der Waals surface area contributed by atoms with Crippen LogP contribution in [0.4, 0.5) is 11.4 Å². The second kappa shape index (κ2) is 12.0. The quantitative estimate of drug-likeness (QED) is 0.323. The molecule has 0 unspecified atom stereocenters. The van der Waals surface area contributed by atoms with Crippen molar-refractivity contribution in [2.24, 2.45) is 0 Å². The number of fused-ring (bicyclic) bond motifs is 1. The van der Waals surface area contributed by atoms with Gasteiger partial charge in [-0.05, 0) is 79.5 Å². The van der Waals surface area contributed by atoms with E-state index >= 15 is 0 Å². The summed E-state index contributed by atoms with van der Waals surface area (Å²) in [5.74, 6) is -2.06. The molecule has 0 saturated carbocycles. The lowest BCUT2D eigenvalue weighted by Crippen LogP contribution is -2.42. The Kier molecular flexibility index (Phi) is 8.63. The number of ketones is 1. The monoisotopic (exact) mass is 619 g/mol. The van der Waals surface area contributed by atoms with E-state index in [0.717, 1.165) is 48.1 Å². The highest BCUT2D eigenvalue weighted by atomic mass is 35.5. The maximum absolute atomic E-state index is 13.3. The normalized spacial score (nSPS) is 15.9. The Morgan fingerprint density at radius 1 is 1.00 bits per heavy atom. The van der Waals surface area contributed by atoms with E-state index in [9.17, 15) is 22.8 Å². The van der Waals surface area contributed by atoms with Crippen LogP contribution in [0.2, 0.25) is 9.36 Å². The standard InChI is InChI=1S/C28H27Cl2N3O5S2/c29-23-14-18(13-21(34)17-40(37,38)27-8-7-25(30)39-27)3-6-24(23)33-26(35)16-19-15-20(4-5-22(19)28(33)36)31-9-12-32-10-1-2-11-32/h3-8,14-15,31H,1-2,9-13,16-17H2. The fourth-order valence-electron chi connectivity index (χ4n) is 5.01. The first-order valence-electron chi connectivity index (χ1n) is 12.9. The summed E-state index contributed by atoms with van der Waals surface area (Å²) in [6, 6.07) is 12.8. The molecule has 3 heterocycles. The lowest BCUT2D eigenvalue weighted by molar-refractivity contribution is -0.118. The molecule has 0 aliphatic carbocycles. The van der Waals surface area contributed by atoms with Crippen molar-refractivity contribution in [2.75, 3.05) is 42.1 Å². The first kappa shape index (κ1) is 28.8. The molecule has 40 heavy (non-hydrogen) atoms. The molecule has 1 aromatic heterocycles. The van der Waals surface area contributed by atoms with Gasteiger partial charge in [-0.15, -0.1) is 11.3 Å². The van der Waals surface area contributed by atoms with Crippen LogP contribution in [0, 0.1) is 0 Å². The van der Waals surface area contributed by atoms with Crippen molar-refractivity contribution in [1.29, 1.82) is 0 Å². The van der Waals surface area contributed by atoms with Gasteiger partial charge in [0.15, 0.2) is 15.6 Å². The number of hydrogen-bond acceptors (Lipinski definition) is 8. The Bertz CT molecular complexity index is 1580. The van der Waals surface area contributed by atoms with E-state index in [0.29, 0.717) is 21.0 Å². The van der Waals surface area contributed by atoms with Gasteiger partial charge in [0.25, 0.3) is 5.91 Å². The van der Waals surface area contributed by atoms with Crippen LogP contribution in [-0.2, 0) is 32.3 Å². The van der Waals surface area contributed by atoms with Crippen LogP contribution in [0.15, 0.2) is 52.7 Å². The van der Waals surface area contributed by atoms with E-state index in [1.54, 1.807) is 12.1 Å². The summed E-state index contributed by atoms with van der Waals surface area (Å²) in [6.07, 6.45) is 2.35. The number of benzene rings is 2. The first-order chi connectivity index (χ1) is 19.1. The minimum absolute atomic E-state index is 0.0339. The minimum Gasteiger partial charge on any atom is -0.384 e. The third kappa shape index (κ3) is 6.42. The van der Waals surface area contributed by atoms with Gasteiger partial charge in [-0.1, -0.05) is 29.3 Å². The van der Waals surface area contributed by atoms with Gasteiger partial charge in [-0.3, -0.25) is 14.4 Å². The summed E-state index contributed by atoms with van der Waals surface area (Å²) >= 11 is 13.2. The van der Waals surface area contributed by atoms with E-state index < -0.39 is 33.2 Å². The van der Waals surface area contributed by atoms with E-state index in [1.807, 2.05) is 12.1 Å². The molecule has 1 N–H and O–H groups in total. The fraction of sp³-hybridized carbons (Fsp3) is 0.321. The third-order valence-corrected chi connectivity index (χ3v) is 10.7. The average molecular weight is 621 g/mol. The fourth-order valence-corrected chi connectivity index (χ4v) is 8.11. The number of Topliss-reactive ketones (excluding diaryl/α,β-unsaturated/α-hetero) is 1. The predicted octanol–water partition coefficient (Wildman–Crippen LogP) is 4.88. The predicted molar refractivity (Wildman–Crippen MR) is 158 cm³/mol. The number of carbonyl (C=O) groups is 3. The van der Waals surface area contributed by atoms with Crippen LogP contribution in [-0.4, -0.2) is 62.8 Å². The molecule has 210 valence electrons. The molecule has 2 aromatic carbocycles. The van der Waals surface area contributed by atoms with Crippen molar-refractivity contribution < 1.29 is 22.8 Å². The number of likely N-dealkylation sites (tertiary alicyclic amines) is 1. The van der Waals surface area contributed by atoms with Crippen LogP contribution < -0.4 is 10.2 Å². The maximum Gasteiger partial charge on any atom is 0.265 e. The molecule has 0 spiro atoms. The van der Waals surface area contributed by atoms with E-state index in [-0.39, 0.29) is 27.8 Å². The molecule has 8 nitrogen and oxygen atoms in total. The van der Waals surface area contributed by atoms with Gasteiger partial charge in [-0.2, -0.15) is 0 Å². The summed E-state index contributed by atoms with van der Waals surface area (Å²) in [4.78, 5) is 42.4. The van der Waals surface area contributed by atoms with Gasteiger partial charge in [0, 0.05) is 30.8 Å². The van der Waals surface area contributed by atoms with Crippen LogP contribution in [0.1, 0.15) is 34.3 Å². The minimum atomic E-state index is -3.80. The lowest BCUT2D eigenvalue weighted by atomic mass is 9.97. The molecule has 5 rings (SSSR count).